The van der Waals surface area contributed by atoms with Crippen LogP contribution in [0.15, 0.2) is 9.98 Å². The van der Waals surface area contributed by atoms with E-state index in [0.717, 1.165) is 0 Å². The molecule has 0 rings (SSSR count). The van der Waals surface area contributed by atoms with E-state index in [4.69, 9.17) is 0 Å². The molecule has 0 bridgehead atoms. The second-order valence-corrected chi connectivity index (χ2v) is 2.35. The molecule has 1 radical (unpaired) electrons. The van der Waals surface area contributed by atoms with E-state index in [0.29, 0.717) is 19.3 Å². The average molecular weight is 167 g/mol. The van der Waals surface area contributed by atoms with Crippen LogP contribution in [0.2, 0.25) is 0 Å². The number of isocyanates is 2. The Labute approximate surface area is 71.4 Å². The summed E-state index contributed by atoms with van der Waals surface area (Å²) in [6.07, 6.45) is 4.31. The molecule has 0 atom stereocenters. The molecule has 0 saturated carbocycles. The first-order valence-corrected chi connectivity index (χ1v) is 3.72. The van der Waals surface area contributed by atoms with Gasteiger partial charge in [0.05, 0.1) is 0 Å². The van der Waals surface area contributed by atoms with Crippen molar-refractivity contribution < 1.29 is 9.59 Å². The highest BCUT2D eigenvalue weighted by molar-refractivity contribution is 5.38. The van der Waals surface area contributed by atoms with Crippen molar-refractivity contribution in [2.45, 2.75) is 31.8 Å². The van der Waals surface area contributed by atoms with Gasteiger partial charge >= 0.3 is 0 Å². The van der Waals surface area contributed by atoms with Crippen LogP contribution < -0.4 is 0 Å². The Bertz CT molecular complexity index is 207. The first-order chi connectivity index (χ1) is 5.74. The largest absolute Gasteiger partial charge is 0.237 e. The molecule has 0 spiro atoms. The van der Waals surface area contributed by atoms with Gasteiger partial charge in [0.1, 0.15) is 0 Å². The molecule has 0 amide bonds. The van der Waals surface area contributed by atoms with E-state index < -0.39 is 5.66 Å². The molecule has 0 heterocycles. The molecule has 0 aliphatic rings. The molecule has 0 aliphatic carbocycles. The summed E-state index contributed by atoms with van der Waals surface area (Å²) in [5.74, 6) is 0. The lowest BCUT2D eigenvalue weighted by Gasteiger charge is -2.18. The molecular formula is C8H11N2O2. The van der Waals surface area contributed by atoms with Gasteiger partial charge in [-0.15, -0.1) is 0 Å². The van der Waals surface area contributed by atoms with E-state index in [1.54, 1.807) is 6.92 Å². The maximum absolute atomic E-state index is 10.0. The fourth-order valence-corrected chi connectivity index (χ4v) is 0.925. The Balaban J connectivity index is 4.73. The topological polar surface area (TPSA) is 58.9 Å². The molecule has 0 unspecified atom stereocenters. The fraction of sp³-hybridized carbons (Fsp3) is 0.625. The van der Waals surface area contributed by atoms with Gasteiger partial charge in [0.25, 0.3) is 0 Å². The van der Waals surface area contributed by atoms with E-state index in [-0.39, 0.29) is 0 Å². The van der Waals surface area contributed by atoms with Crippen molar-refractivity contribution in [1.29, 1.82) is 0 Å². The van der Waals surface area contributed by atoms with Gasteiger partial charge in [-0.25, -0.2) is 9.59 Å². The Morgan fingerprint density at radius 2 is 1.83 bits per heavy atom. The van der Waals surface area contributed by atoms with Crippen LogP contribution in [0.4, 0.5) is 0 Å². The zero-order valence-corrected chi connectivity index (χ0v) is 7.04. The fourth-order valence-electron chi connectivity index (χ4n) is 0.925. The molecular weight excluding hydrogens is 156 g/mol. The van der Waals surface area contributed by atoms with Gasteiger partial charge in [0.15, 0.2) is 5.66 Å². The second kappa shape index (κ2) is 5.42. The zero-order valence-electron chi connectivity index (χ0n) is 7.04. The van der Waals surface area contributed by atoms with Crippen molar-refractivity contribution >= 4 is 12.2 Å². The van der Waals surface area contributed by atoms with E-state index in [2.05, 4.69) is 16.9 Å². The van der Waals surface area contributed by atoms with E-state index in [9.17, 15) is 9.59 Å². The minimum atomic E-state index is -0.967. The molecule has 0 aromatic carbocycles. The molecule has 0 N–H and O–H groups in total. The van der Waals surface area contributed by atoms with Gasteiger partial charge in [-0.05, 0) is 19.3 Å². The summed E-state index contributed by atoms with van der Waals surface area (Å²) < 4.78 is 0. The molecule has 0 aromatic heterocycles. The number of hydrogen-bond donors (Lipinski definition) is 0. The van der Waals surface area contributed by atoms with Crippen LogP contribution in [-0.4, -0.2) is 17.8 Å². The number of carbonyl (C=O) groups excluding carboxylic acids is 2. The van der Waals surface area contributed by atoms with Crippen LogP contribution in [0, 0.1) is 6.92 Å². The van der Waals surface area contributed by atoms with Gasteiger partial charge in [-0.2, -0.15) is 9.98 Å². The van der Waals surface area contributed by atoms with Gasteiger partial charge in [0.2, 0.25) is 12.2 Å². The number of rotatable bonds is 5. The summed E-state index contributed by atoms with van der Waals surface area (Å²) in [6, 6.07) is 0. The SMILES string of the molecule is [CH2]CCC(CC)(N=C=O)N=C=O. The van der Waals surface area contributed by atoms with Crippen LogP contribution in [0.5, 0.6) is 0 Å². The normalized spacial score (nSPS) is 13.8. The number of hydrogen-bond acceptors (Lipinski definition) is 4. The van der Waals surface area contributed by atoms with Crippen molar-refractivity contribution in [2.75, 3.05) is 0 Å². The highest BCUT2D eigenvalue weighted by Gasteiger charge is 2.25. The quantitative estimate of drug-likeness (QED) is 0.458. The number of aliphatic imine (C=N–C) groups is 2. The molecule has 65 valence electrons. The van der Waals surface area contributed by atoms with Crippen molar-refractivity contribution in [3.05, 3.63) is 6.92 Å². The third kappa shape index (κ3) is 2.79. The molecule has 0 aliphatic heterocycles. The van der Waals surface area contributed by atoms with Gasteiger partial charge < -0.3 is 0 Å². The van der Waals surface area contributed by atoms with Gasteiger partial charge in [-0.1, -0.05) is 13.8 Å². The Hall–Kier alpha value is -1.24. The lowest BCUT2D eigenvalue weighted by Crippen LogP contribution is -2.21. The van der Waals surface area contributed by atoms with E-state index in [1.807, 2.05) is 0 Å². The van der Waals surface area contributed by atoms with E-state index in [1.165, 1.54) is 12.2 Å². The van der Waals surface area contributed by atoms with Crippen molar-refractivity contribution in [2.24, 2.45) is 9.98 Å². The van der Waals surface area contributed by atoms with Crippen molar-refractivity contribution in [1.82, 2.24) is 0 Å². The summed E-state index contributed by atoms with van der Waals surface area (Å²) in [7, 11) is 0. The highest BCUT2D eigenvalue weighted by atomic mass is 16.1. The Morgan fingerprint density at radius 3 is 2.08 bits per heavy atom. The summed E-state index contributed by atoms with van der Waals surface area (Å²) in [5, 5.41) is 0. The third-order valence-electron chi connectivity index (χ3n) is 1.65. The first-order valence-electron chi connectivity index (χ1n) is 3.72. The smallest absolute Gasteiger partial charge is 0.211 e. The summed E-state index contributed by atoms with van der Waals surface area (Å²) in [5.41, 5.74) is -0.967. The maximum atomic E-state index is 10.0. The molecule has 0 aromatic rings. The highest BCUT2D eigenvalue weighted by Crippen LogP contribution is 2.22. The van der Waals surface area contributed by atoms with Gasteiger partial charge in [0, 0.05) is 0 Å². The monoisotopic (exact) mass is 167 g/mol. The van der Waals surface area contributed by atoms with Crippen LogP contribution in [0.25, 0.3) is 0 Å². The molecule has 0 saturated heterocycles. The number of nitrogens with zero attached hydrogens (tertiary/aromatic N) is 2. The Kier molecular flexibility index (Phi) is 4.86. The third-order valence-corrected chi connectivity index (χ3v) is 1.65. The zero-order chi connectivity index (χ0) is 9.45. The van der Waals surface area contributed by atoms with Crippen LogP contribution >= 0.6 is 0 Å². The van der Waals surface area contributed by atoms with Crippen LogP contribution in [-0.2, 0) is 9.59 Å². The molecule has 12 heavy (non-hydrogen) atoms. The Morgan fingerprint density at radius 1 is 1.33 bits per heavy atom. The van der Waals surface area contributed by atoms with Crippen LogP contribution in [0.3, 0.4) is 0 Å². The lowest BCUT2D eigenvalue weighted by molar-refractivity contribution is 0.396. The summed E-state index contributed by atoms with van der Waals surface area (Å²) in [6.45, 7) is 5.39. The first kappa shape index (κ1) is 10.8. The second-order valence-electron chi connectivity index (χ2n) is 2.35. The average Bonchev–Trinajstić information content (AvgIpc) is 2.06. The molecule has 4 heteroatoms. The maximum Gasteiger partial charge on any atom is 0.237 e. The summed E-state index contributed by atoms with van der Waals surface area (Å²) in [4.78, 5) is 27.0. The minimum Gasteiger partial charge on any atom is -0.211 e. The summed E-state index contributed by atoms with van der Waals surface area (Å²) >= 11 is 0. The minimum absolute atomic E-state index is 0.466. The lowest BCUT2D eigenvalue weighted by atomic mass is 10.0. The van der Waals surface area contributed by atoms with Crippen molar-refractivity contribution in [3.63, 3.8) is 0 Å². The van der Waals surface area contributed by atoms with E-state index >= 15 is 0 Å². The predicted molar refractivity (Wildman–Crippen MR) is 43.9 cm³/mol. The predicted octanol–water partition coefficient (Wildman–Crippen LogP) is 1.38. The molecule has 4 nitrogen and oxygen atoms in total. The molecule has 0 fully saturated rings. The van der Waals surface area contributed by atoms with Gasteiger partial charge in [-0.3, -0.25) is 0 Å². The standard InChI is InChI=1S/C8H11N2O2/c1-3-5-8(4-2,9-6-11)10-7-12/h1,3-5H2,2H3. The van der Waals surface area contributed by atoms with Crippen LogP contribution in [0.1, 0.15) is 26.2 Å². The van der Waals surface area contributed by atoms with Crippen molar-refractivity contribution in [3.8, 4) is 0 Å².